The van der Waals surface area contributed by atoms with E-state index in [1.54, 1.807) is 4.90 Å². The van der Waals surface area contributed by atoms with Gasteiger partial charge in [0.1, 0.15) is 0 Å². The number of nitrogens with two attached hydrogens (primary N) is 1. The molecule has 0 saturated carbocycles. The van der Waals surface area contributed by atoms with E-state index in [0.717, 1.165) is 31.5 Å². The molecule has 1 aliphatic rings. The number of nitrogens with zero attached hydrogens (tertiary/aromatic N) is 2. The largest absolute Gasteiger partial charge is 0.370 e. The molecule has 0 atom stereocenters. The highest BCUT2D eigenvalue weighted by atomic mass is 16.2. The summed E-state index contributed by atoms with van der Waals surface area (Å²) in [6.45, 7) is 3.32. The van der Waals surface area contributed by atoms with Crippen LogP contribution in [0.5, 0.6) is 0 Å². The van der Waals surface area contributed by atoms with Gasteiger partial charge in [-0.15, -0.1) is 0 Å². The van der Waals surface area contributed by atoms with Crippen LogP contribution in [-0.4, -0.2) is 47.8 Å². The first-order valence-electron chi connectivity index (χ1n) is 8.47. The molecule has 2 rings (SSSR count). The number of carbonyl (C=O) groups is 2. The fourth-order valence-electron chi connectivity index (χ4n) is 2.93. The number of rotatable bonds is 7. The molecule has 0 unspecified atom stereocenters. The highest BCUT2D eigenvalue weighted by Crippen LogP contribution is 2.11. The molecule has 2 amide bonds. The summed E-state index contributed by atoms with van der Waals surface area (Å²) in [7, 11) is 0. The standard InChI is InChI=1S/C18H27N3O2/c19-17(22)10-13-21(14-16-8-4-3-5-9-16)18(23)15-20-11-6-1-2-7-12-20/h3-5,8-9H,1-2,6-7,10-15H2,(H2,19,22). The van der Waals surface area contributed by atoms with E-state index in [0.29, 0.717) is 19.6 Å². The zero-order valence-electron chi connectivity index (χ0n) is 13.7. The van der Waals surface area contributed by atoms with Crippen molar-refractivity contribution in [3.05, 3.63) is 35.9 Å². The smallest absolute Gasteiger partial charge is 0.237 e. The molecule has 23 heavy (non-hydrogen) atoms. The van der Waals surface area contributed by atoms with Crippen LogP contribution in [0.3, 0.4) is 0 Å². The molecule has 1 fully saturated rings. The lowest BCUT2D eigenvalue weighted by molar-refractivity contribution is -0.133. The van der Waals surface area contributed by atoms with Crippen molar-refractivity contribution in [3.8, 4) is 0 Å². The third kappa shape index (κ3) is 6.40. The number of carbonyl (C=O) groups excluding carboxylic acids is 2. The summed E-state index contributed by atoms with van der Waals surface area (Å²) in [6, 6.07) is 9.87. The Morgan fingerprint density at radius 2 is 1.70 bits per heavy atom. The van der Waals surface area contributed by atoms with Gasteiger partial charge in [0, 0.05) is 19.5 Å². The van der Waals surface area contributed by atoms with Crippen molar-refractivity contribution in [1.29, 1.82) is 0 Å². The molecule has 5 nitrogen and oxygen atoms in total. The number of likely N-dealkylation sites (tertiary alicyclic amines) is 1. The number of hydrogen-bond acceptors (Lipinski definition) is 3. The Kier molecular flexibility index (Phi) is 7.07. The van der Waals surface area contributed by atoms with Crippen LogP contribution in [0.15, 0.2) is 30.3 Å². The van der Waals surface area contributed by atoms with Gasteiger partial charge in [0.05, 0.1) is 6.54 Å². The van der Waals surface area contributed by atoms with Crippen LogP contribution in [0, 0.1) is 0 Å². The molecule has 126 valence electrons. The Hall–Kier alpha value is -1.88. The molecule has 0 bridgehead atoms. The second-order valence-electron chi connectivity index (χ2n) is 6.21. The van der Waals surface area contributed by atoms with Crippen LogP contribution in [0.1, 0.15) is 37.7 Å². The summed E-state index contributed by atoms with van der Waals surface area (Å²) in [4.78, 5) is 27.7. The minimum Gasteiger partial charge on any atom is -0.370 e. The Bertz CT molecular complexity index is 496. The molecule has 1 aromatic carbocycles. The quantitative estimate of drug-likeness (QED) is 0.833. The molecule has 1 aromatic rings. The van der Waals surface area contributed by atoms with E-state index < -0.39 is 0 Å². The van der Waals surface area contributed by atoms with Gasteiger partial charge in [-0.1, -0.05) is 43.2 Å². The first kappa shape index (κ1) is 17.5. The minimum atomic E-state index is -0.370. The van der Waals surface area contributed by atoms with Gasteiger partial charge >= 0.3 is 0 Å². The maximum absolute atomic E-state index is 12.7. The van der Waals surface area contributed by atoms with Crippen molar-refractivity contribution in [2.45, 2.75) is 38.6 Å². The van der Waals surface area contributed by atoms with Crippen LogP contribution in [0.4, 0.5) is 0 Å². The fraction of sp³-hybridized carbons (Fsp3) is 0.556. The third-order valence-electron chi connectivity index (χ3n) is 4.25. The Morgan fingerprint density at radius 3 is 2.30 bits per heavy atom. The number of hydrogen-bond donors (Lipinski definition) is 1. The first-order valence-corrected chi connectivity index (χ1v) is 8.47. The van der Waals surface area contributed by atoms with E-state index >= 15 is 0 Å². The van der Waals surface area contributed by atoms with Crippen LogP contribution in [0.2, 0.25) is 0 Å². The van der Waals surface area contributed by atoms with Crippen molar-refractivity contribution in [2.75, 3.05) is 26.2 Å². The normalized spacial score (nSPS) is 15.8. The first-order chi connectivity index (χ1) is 11.1. The second kappa shape index (κ2) is 9.30. The average molecular weight is 317 g/mol. The zero-order chi connectivity index (χ0) is 16.5. The maximum Gasteiger partial charge on any atom is 0.237 e. The number of benzene rings is 1. The summed E-state index contributed by atoms with van der Waals surface area (Å²) in [6.07, 6.45) is 5.03. The van der Waals surface area contributed by atoms with E-state index in [1.165, 1.54) is 12.8 Å². The molecule has 0 aliphatic carbocycles. The molecule has 0 radical (unpaired) electrons. The van der Waals surface area contributed by atoms with Gasteiger partial charge in [-0.2, -0.15) is 0 Å². The number of amides is 2. The lowest BCUT2D eigenvalue weighted by Gasteiger charge is -2.26. The van der Waals surface area contributed by atoms with E-state index in [2.05, 4.69) is 4.90 Å². The van der Waals surface area contributed by atoms with Gasteiger partial charge < -0.3 is 10.6 Å². The maximum atomic E-state index is 12.7. The summed E-state index contributed by atoms with van der Waals surface area (Å²) in [5.41, 5.74) is 6.32. The molecule has 1 aliphatic heterocycles. The lowest BCUT2D eigenvalue weighted by Crippen LogP contribution is -2.41. The Labute approximate surface area is 138 Å². The molecule has 1 heterocycles. The van der Waals surface area contributed by atoms with E-state index in [1.807, 2.05) is 30.3 Å². The average Bonchev–Trinajstić information content (AvgIpc) is 2.80. The number of primary amides is 1. The summed E-state index contributed by atoms with van der Waals surface area (Å²) in [5.74, 6) is -0.289. The van der Waals surface area contributed by atoms with Gasteiger partial charge in [-0.05, 0) is 31.5 Å². The fourth-order valence-corrected chi connectivity index (χ4v) is 2.93. The van der Waals surface area contributed by atoms with Crippen molar-refractivity contribution in [3.63, 3.8) is 0 Å². The minimum absolute atomic E-state index is 0.0806. The molecular formula is C18H27N3O2. The monoisotopic (exact) mass is 317 g/mol. The van der Waals surface area contributed by atoms with Crippen molar-refractivity contribution >= 4 is 11.8 Å². The summed E-state index contributed by atoms with van der Waals surface area (Å²) >= 11 is 0. The molecular weight excluding hydrogens is 290 g/mol. The van der Waals surface area contributed by atoms with E-state index in [-0.39, 0.29) is 18.2 Å². The van der Waals surface area contributed by atoms with Crippen LogP contribution >= 0.6 is 0 Å². The predicted octanol–water partition coefficient (Wildman–Crippen LogP) is 1.77. The van der Waals surface area contributed by atoms with Crippen molar-refractivity contribution in [2.24, 2.45) is 5.73 Å². The van der Waals surface area contributed by atoms with Crippen molar-refractivity contribution in [1.82, 2.24) is 9.80 Å². The Balaban J connectivity index is 1.96. The molecule has 5 heteroatoms. The van der Waals surface area contributed by atoms with Gasteiger partial charge in [0.15, 0.2) is 0 Å². The highest BCUT2D eigenvalue weighted by molar-refractivity contribution is 5.79. The Morgan fingerprint density at radius 1 is 1.04 bits per heavy atom. The third-order valence-corrected chi connectivity index (χ3v) is 4.25. The van der Waals surface area contributed by atoms with Gasteiger partial charge in [0.25, 0.3) is 0 Å². The van der Waals surface area contributed by atoms with Gasteiger partial charge in [-0.3, -0.25) is 14.5 Å². The molecule has 0 aromatic heterocycles. The van der Waals surface area contributed by atoms with Crippen LogP contribution < -0.4 is 5.73 Å². The molecule has 1 saturated heterocycles. The lowest BCUT2D eigenvalue weighted by atomic mass is 10.2. The molecule has 2 N–H and O–H groups in total. The summed E-state index contributed by atoms with van der Waals surface area (Å²) < 4.78 is 0. The van der Waals surface area contributed by atoms with Gasteiger partial charge in [-0.25, -0.2) is 0 Å². The van der Waals surface area contributed by atoms with Crippen LogP contribution in [-0.2, 0) is 16.1 Å². The second-order valence-corrected chi connectivity index (χ2v) is 6.21. The molecule has 0 spiro atoms. The predicted molar refractivity (Wildman–Crippen MR) is 90.6 cm³/mol. The highest BCUT2D eigenvalue weighted by Gasteiger charge is 2.19. The van der Waals surface area contributed by atoms with Crippen molar-refractivity contribution < 1.29 is 9.59 Å². The zero-order valence-corrected chi connectivity index (χ0v) is 13.7. The SMILES string of the molecule is NC(=O)CCN(Cc1ccccc1)C(=O)CN1CCCCCC1. The van der Waals surface area contributed by atoms with Gasteiger partial charge in [0.2, 0.25) is 11.8 Å². The summed E-state index contributed by atoms with van der Waals surface area (Å²) in [5, 5.41) is 0. The topological polar surface area (TPSA) is 66.6 Å². The van der Waals surface area contributed by atoms with Crippen LogP contribution in [0.25, 0.3) is 0 Å². The van der Waals surface area contributed by atoms with E-state index in [4.69, 9.17) is 5.73 Å². The van der Waals surface area contributed by atoms with E-state index in [9.17, 15) is 9.59 Å².